The average Bonchev–Trinajstić information content (AvgIpc) is 2.87. The molecule has 1 amide bonds. The Hall–Kier alpha value is -4.10. The summed E-state index contributed by atoms with van der Waals surface area (Å²) >= 11 is 0. The van der Waals surface area contributed by atoms with Crippen LogP contribution < -0.4 is 10.9 Å². The zero-order valence-corrected chi connectivity index (χ0v) is 19.2. The molecule has 6 nitrogen and oxygen atoms in total. The molecule has 1 aliphatic rings. The maximum Gasteiger partial charge on any atom is 0.257 e. The van der Waals surface area contributed by atoms with Crippen LogP contribution in [-0.4, -0.2) is 26.9 Å². The number of rotatable bonds is 6. The lowest BCUT2D eigenvalue weighted by molar-refractivity contribution is -0.116. The second-order valence-corrected chi connectivity index (χ2v) is 8.62. The summed E-state index contributed by atoms with van der Waals surface area (Å²) < 4.78 is 15.0. The van der Waals surface area contributed by atoms with E-state index in [1.807, 2.05) is 36.4 Å². The molecule has 3 aromatic carbocycles. The standard InChI is InChI=1S/C28H25FN4O2/c29-22-13-11-21(12-14-22)27-31-25-18-32(17-20-7-3-1-4-8-20)16-15-24(25)28(35)33(27)19-26(34)30-23-9-5-2-6-10-23/h1-14H,15-19H2,(H,30,34). The molecule has 0 bridgehead atoms. The third-order valence-corrected chi connectivity index (χ3v) is 6.11. The molecule has 5 rings (SSSR count). The van der Waals surface area contributed by atoms with Gasteiger partial charge in [-0.1, -0.05) is 48.5 Å². The van der Waals surface area contributed by atoms with Gasteiger partial charge >= 0.3 is 0 Å². The molecule has 1 aromatic heterocycles. The number of hydrogen-bond acceptors (Lipinski definition) is 4. The minimum atomic E-state index is -0.378. The number of nitrogens with one attached hydrogen (secondary N) is 1. The van der Waals surface area contributed by atoms with E-state index < -0.39 is 0 Å². The van der Waals surface area contributed by atoms with Gasteiger partial charge in [0.05, 0.1) is 5.69 Å². The highest BCUT2D eigenvalue weighted by Crippen LogP contribution is 2.22. The van der Waals surface area contributed by atoms with E-state index in [0.29, 0.717) is 41.3 Å². The maximum absolute atomic E-state index is 13.6. The van der Waals surface area contributed by atoms with Crippen molar-refractivity contribution >= 4 is 11.6 Å². The van der Waals surface area contributed by atoms with E-state index in [1.165, 1.54) is 22.3 Å². The zero-order chi connectivity index (χ0) is 24.2. The number of fused-ring (bicyclic) bond motifs is 1. The molecule has 176 valence electrons. The fraction of sp³-hybridized carbons (Fsp3) is 0.179. The largest absolute Gasteiger partial charge is 0.325 e. The molecule has 0 radical (unpaired) electrons. The lowest BCUT2D eigenvalue weighted by atomic mass is 10.0. The fourth-order valence-electron chi connectivity index (χ4n) is 4.39. The maximum atomic E-state index is 13.6. The van der Waals surface area contributed by atoms with Crippen molar-refractivity contribution in [2.45, 2.75) is 26.1 Å². The molecule has 0 atom stereocenters. The normalized spacial score (nSPS) is 13.3. The predicted molar refractivity (Wildman–Crippen MR) is 133 cm³/mol. The summed E-state index contributed by atoms with van der Waals surface area (Å²) in [5.41, 5.74) is 3.54. The second-order valence-electron chi connectivity index (χ2n) is 8.62. The molecule has 2 heterocycles. The number of amides is 1. The number of anilines is 1. The van der Waals surface area contributed by atoms with Crippen molar-refractivity contribution in [1.82, 2.24) is 14.5 Å². The number of para-hydroxylation sites is 1. The second kappa shape index (κ2) is 10.0. The molecular formula is C28H25FN4O2. The molecule has 0 unspecified atom stereocenters. The topological polar surface area (TPSA) is 67.2 Å². The molecule has 1 aliphatic heterocycles. The van der Waals surface area contributed by atoms with Crippen LogP contribution in [0.3, 0.4) is 0 Å². The van der Waals surface area contributed by atoms with Crippen LogP contribution in [0.4, 0.5) is 10.1 Å². The summed E-state index contributed by atoms with van der Waals surface area (Å²) in [6.45, 7) is 1.83. The number of halogens is 1. The first-order chi connectivity index (χ1) is 17.1. The Labute approximate surface area is 202 Å². The van der Waals surface area contributed by atoms with Gasteiger partial charge in [0.25, 0.3) is 5.56 Å². The van der Waals surface area contributed by atoms with Gasteiger partial charge in [-0.3, -0.25) is 19.1 Å². The Morgan fingerprint density at radius 1 is 0.943 bits per heavy atom. The van der Waals surface area contributed by atoms with E-state index in [0.717, 1.165) is 13.1 Å². The van der Waals surface area contributed by atoms with Crippen molar-refractivity contribution in [2.24, 2.45) is 0 Å². The van der Waals surface area contributed by atoms with E-state index in [2.05, 4.69) is 22.3 Å². The van der Waals surface area contributed by atoms with Crippen LogP contribution in [0.25, 0.3) is 11.4 Å². The lowest BCUT2D eigenvalue weighted by Crippen LogP contribution is -2.39. The first kappa shape index (κ1) is 22.7. The van der Waals surface area contributed by atoms with Gasteiger partial charge in [-0.05, 0) is 48.4 Å². The number of hydrogen-bond donors (Lipinski definition) is 1. The van der Waals surface area contributed by atoms with Crippen LogP contribution in [0.2, 0.25) is 0 Å². The van der Waals surface area contributed by atoms with Gasteiger partial charge in [0.1, 0.15) is 18.2 Å². The van der Waals surface area contributed by atoms with Crippen molar-refractivity contribution < 1.29 is 9.18 Å². The van der Waals surface area contributed by atoms with E-state index >= 15 is 0 Å². The summed E-state index contributed by atoms with van der Waals surface area (Å²) in [6.07, 6.45) is 0.554. The van der Waals surface area contributed by atoms with E-state index in [-0.39, 0.29) is 23.8 Å². The molecule has 35 heavy (non-hydrogen) atoms. The summed E-state index contributed by atoms with van der Waals surface area (Å²) in [6, 6.07) is 25.1. The molecule has 7 heteroatoms. The molecule has 0 aliphatic carbocycles. The molecule has 0 spiro atoms. The Kier molecular flexibility index (Phi) is 6.50. The van der Waals surface area contributed by atoms with Crippen molar-refractivity contribution in [3.05, 3.63) is 118 Å². The number of nitrogens with zero attached hydrogens (tertiary/aromatic N) is 3. The van der Waals surface area contributed by atoms with E-state index in [1.54, 1.807) is 24.3 Å². The molecule has 0 fully saturated rings. The van der Waals surface area contributed by atoms with Crippen molar-refractivity contribution in [3.8, 4) is 11.4 Å². The fourth-order valence-corrected chi connectivity index (χ4v) is 4.39. The molecule has 0 saturated heterocycles. The zero-order valence-electron chi connectivity index (χ0n) is 19.2. The van der Waals surface area contributed by atoms with Crippen LogP contribution in [0.1, 0.15) is 16.8 Å². The number of aromatic nitrogens is 2. The summed E-state index contributed by atoms with van der Waals surface area (Å²) in [4.78, 5) is 33.5. The molecular weight excluding hydrogens is 443 g/mol. The quantitative estimate of drug-likeness (QED) is 0.460. The van der Waals surface area contributed by atoms with Gasteiger partial charge in [0, 0.05) is 36.4 Å². The first-order valence-electron chi connectivity index (χ1n) is 11.6. The lowest BCUT2D eigenvalue weighted by Gasteiger charge is -2.29. The first-order valence-corrected chi connectivity index (χ1v) is 11.6. The van der Waals surface area contributed by atoms with Crippen LogP contribution >= 0.6 is 0 Å². The van der Waals surface area contributed by atoms with E-state index in [4.69, 9.17) is 4.98 Å². The SMILES string of the molecule is O=C(Cn1c(-c2ccc(F)cc2)nc2c(c1=O)CCN(Cc1ccccc1)C2)Nc1ccccc1. The smallest absolute Gasteiger partial charge is 0.257 e. The van der Waals surface area contributed by atoms with Crippen LogP contribution in [-0.2, 0) is 30.8 Å². The van der Waals surface area contributed by atoms with Crippen molar-refractivity contribution in [2.75, 3.05) is 11.9 Å². The monoisotopic (exact) mass is 468 g/mol. The number of benzene rings is 3. The highest BCUT2D eigenvalue weighted by Gasteiger charge is 2.25. The minimum Gasteiger partial charge on any atom is -0.325 e. The van der Waals surface area contributed by atoms with Crippen LogP contribution in [0.15, 0.2) is 89.7 Å². The Morgan fingerprint density at radius 2 is 1.63 bits per heavy atom. The molecule has 0 saturated carbocycles. The Morgan fingerprint density at radius 3 is 2.34 bits per heavy atom. The Bertz CT molecular complexity index is 1390. The van der Waals surface area contributed by atoms with Crippen LogP contribution in [0.5, 0.6) is 0 Å². The van der Waals surface area contributed by atoms with E-state index in [9.17, 15) is 14.0 Å². The Balaban J connectivity index is 1.48. The van der Waals surface area contributed by atoms with Gasteiger partial charge < -0.3 is 5.32 Å². The predicted octanol–water partition coefficient (Wildman–Crippen LogP) is 4.25. The van der Waals surface area contributed by atoms with Gasteiger partial charge in [0.15, 0.2) is 0 Å². The molecule has 4 aromatic rings. The minimum absolute atomic E-state index is 0.186. The van der Waals surface area contributed by atoms with Gasteiger partial charge in [-0.2, -0.15) is 0 Å². The van der Waals surface area contributed by atoms with Crippen molar-refractivity contribution in [1.29, 1.82) is 0 Å². The van der Waals surface area contributed by atoms with Gasteiger partial charge in [-0.15, -0.1) is 0 Å². The number of carbonyl (C=O) groups excluding carboxylic acids is 1. The average molecular weight is 469 g/mol. The summed E-state index contributed by atoms with van der Waals surface area (Å²) in [7, 11) is 0. The number of carbonyl (C=O) groups is 1. The third-order valence-electron chi connectivity index (χ3n) is 6.11. The summed E-state index contributed by atoms with van der Waals surface area (Å²) in [5, 5.41) is 2.83. The highest BCUT2D eigenvalue weighted by molar-refractivity contribution is 5.90. The van der Waals surface area contributed by atoms with Crippen molar-refractivity contribution in [3.63, 3.8) is 0 Å². The summed E-state index contributed by atoms with van der Waals surface area (Å²) in [5.74, 6) is -0.347. The van der Waals surface area contributed by atoms with Gasteiger partial charge in [0.2, 0.25) is 5.91 Å². The third kappa shape index (κ3) is 5.20. The van der Waals surface area contributed by atoms with Crippen LogP contribution in [0, 0.1) is 5.82 Å². The van der Waals surface area contributed by atoms with Gasteiger partial charge in [-0.25, -0.2) is 9.37 Å². The highest BCUT2D eigenvalue weighted by atomic mass is 19.1. The molecule has 1 N–H and O–H groups in total.